The summed E-state index contributed by atoms with van der Waals surface area (Å²) in [6.45, 7) is 1.82. The summed E-state index contributed by atoms with van der Waals surface area (Å²) >= 11 is 13.8. The molecule has 0 aliphatic carbocycles. The van der Waals surface area contributed by atoms with Crippen molar-refractivity contribution >= 4 is 57.7 Å². The van der Waals surface area contributed by atoms with Crippen molar-refractivity contribution in [1.29, 1.82) is 0 Å². The minimum absolute atomic E-state index is 0.0653. The van der Waals surface area contributed by atoms with Crippen LogP contribution in [0, 0.1) is 6.92 Å². The van der Waals surface area contributed by atoms with E-state index in [1.54, 1.807) is 24.3 Å². The smallest absolute Gasteiger partial charge is 0.300 e. The number of rotatable bonds is 5. The molecule has 2 aromatic carbocycles. The predicted octanol–water partition coefficient (Wildman–Crippen LogP) is 6.01. The molecule has 0 radical (unpaired) electrons. The Balaban J connectivity index is 2.00. The van der Waals surface area contributed by atoms with Gasteiger partial charge in [0.1, 0.15) is 23.3 Å². The van der Waals surface area contributed by atoms with Gasteiger partial charge in [0.25, 0.3) is 11.7 Å². The minimum Gasteiger partial charge on any atom is -0.507 e. The number of thiophene rings is 1. The molecule has 33 heavy (non-hydrogen) atoms. The summed E-state index contributed by atoms with van der Waals surface area (Å²) in [5.41, 5.74) is 1.36. The predicted molar refractivity (Wildman–Crippen MR) is 130 cm³/mol. The summed E-state index contributed by atoms with van der Waals surface area (Å²) in [6.07, 6.45) is 0. The van der Waals surface area contributed by atoms with Crippen molar-refractivity contribution < 1.29 is 24.2 Å². The fraction of sp³-hybridized carbons (Fsp3) is 0.167. The third-order valence-electron chi connectivity index (χ3n) is 5.42. The highest BCUT2D eigenvalue weighted by molar-refractivity contribution is 7.10. The topological polar surface area (TPSA) is 76.1 Å². The molecule has 6 nitrogen and oxygen atoms in total. The van der Waals surface area contributed by atoms with E-state index in [0.717, 1.165) is 5.56 Å². The van der Waals surface area contributed by atoms with Crippen LogP contribution in [-0.2, 0) is 9.59 Å². The molecule has 1 aliphatic heterocycles. The Morgan fingerprint density at radius 3 is 2.42 bits per heavy atom. The number of carbonyl (C=O) groups is 2. The molecular formula is C24H19Cl2NO5S. The molecule has 3 aromatic rings. The first-order valence-corrected chi connectivity index (χ1v) is 11.4. The van der Waals surface area contributed by atoms with Crippen LogP contribution in [-0.4, -0.2) is 31.0 Å². The number of ketones is 1. The molecule has 4 rings (SSSR count). The Kier molecular flexibility index (Phi) is 6.38. The van der Waals surface area contributed by atoms with Gasteiger partial charge in [0.05, 0.1) is 30.4 Å². The zero-order valence-corrected chi connectivity index (χ0v) is 20.2. The van der Waals surface area contributed by atoms with Gasteiger partial charge in [-0.05, 0) is 42.1 Å². The number of Topliss-reactive ketones (excluding diaryl/α,β-unsaturated/α-hetero) is 1. The number of methoxy groups -OCH3 is 2. The highest BCUT2D eigenvalue weighted by atomic mass is 35.5. The number of nitrogens with zero attached hydrogens (tertiary/aromatic N) is 1. The maximum Gasteiger partial charge on any atom is 0.300 e. The third-order valence-corrected chi connectivity index (χ3v) is 6.87. The monoisotopic (exact) mass is 503 g/mol. The standard InChI is InChI=1S/C24H19Cl2NO5S/c1-12-6-7-13(25)9-16(12)27-21(19-5-4-8-33-19)20(23(29)24(27)30)22(28)14-10-18(32-3)15(26)11-17(14)31-2/h4-11,21,28H,1-3H3/b22-20+. The molecule has 1 aliphatic rings. The van der Waals surface area contributed by atoms with Crippen molar-refractivity contribution in [1.82, 2.24) is 0 Å². The zero-order chi connectivity index (χ0) is 23.9. The molecule has 1 amide bonds. The van der Waals surface area contributed by atoms with Gasteiger partial charge in [-0.15, -0.1) is 11.3 Å². The van der Waals surface area contributed by atoms with Crippen LogP contribution in [0.4, 0.5) is 5.69 Å². The normalized spacial score (nSPS) is 17.5. The second kappa shape index (κ2) is 9.09. The maximum atomic E-state index is 13.3. The van der Waals surface area contributed by atoms with Gasteiger partial charge in [-0.1, -0.05) is 35.3 Å². The number of hydrogen-bond acceptors (Lipinski definition) is 6. The van der Waals surface area contributed by atoms with E-state index in [9.17, 15) is 14.7 Å². The van der Waals surface area contributed by atoms with E-state index in [2.05, 4.69) is 0 Å². The molecule has 9 heteroatoms. The van der Waals surface area contributed by atoms with Gasteiger partial charge in [0.15, 0.2) is 0 Å². The molecule has 1 N–H and O–H groups in total. The fourth-order valence-electron chi connectivity index (χ4n) is 3.83. The van der Waals surface area contributed by atoms with E-state index in [-0.39, 0.29) is 33.4 Å². The summed E-state index contributed by atoms with van der Waals surface area (Å²) in [4.78, 5) is 28.6. The minimum atomic E-state index is -0.853. The Morgan fingerprint density at radius 2 is 1.79 bits per heavy atom. The maximum absolute atomic E-state index is 13.3. The van der Waals surface area contributed by atoms with E-state index in [0.29, 0.717) is 15.6 Å². The Labute approximate surface area is 204 Å². The van der Waals surface area contributed by atoms with E-state index in [4.69, 9.17) is 32.7 Å². The molecule has 0 bridgehead atoms. The molecule has 1 aromatic heterocycles. The molecule has 0 saturated carbocycles. The van der Waals surface area contributed by atoms with Gasteiger partial charge in [0.2, 0.25) is 0 Å². The Hall–Kier alpha value is -3.00. The molecule has 2 heterocycles. The van der Waals surface area contributed by atoms with Crippen LogP contribution in [0.1, 0.15) is 22.0 Å². The van der Waals surface area contributed by atoms with Crippen LogP contribution in [0.5, 0.6) is 11.5 Å². The molecule has 1 unspecified atom stereocenters. The number of carbonyl (C=O) groups excluding carboxylic acids is 2. The molecule has 1 fully saturated rings. The quantitative estimate of drug-likeness (QED) is 0.262. The van der Waals surface area contributed by atoms with Gasteiger partial charge >= 0.3 is 0 Å². The largest absolute Gasteiger partial charge is 0.507 e. The van der Waals surface area contributed by atoms with Gasteiger partial charge in [-0.2, -0.15) is 0 Å². The van der Waals surface area contributed by atoms with E-state index in [1.807, 2.05) is 18.4 Å². The van der Waals surface area contributed by atoms with Crippen molar-refractivity contribution in [2.75, 3.05) is 19.1 Å². The number of halogens is 2. The second-order valence-corrected chi connectivity index (χ2v) is 9.13. The molecule has 170 valence electrons. The first kappa shape index (κ1) is 23.2. The highest BCUT2D eigenvalue weighted by Crippen LogP contribution is 2.46. The number of amides is 1. The van der Waals surface area contributed by atoms with Gasteiger partial charge in [-0.3, -0.25) is 14.5 Å². The average Bonchev–Trinajstić information content (AvgIpc) is 3.42. The second-order valence-electron chi connectivity index (χ2n) is 7.30. The Bertz CT molecular complexity index is 1290. The summed E-state index contributed by atoms with van der Waals surface area (Å²) in [5, 5.41) is 13.9. The lowest BCUT2D eigenvalue weighted by molar-refractivity contribution is -0.132. The number of benzene rings is 2. The first-order chi connectivity index (χ1) is 15.8. The first-order valence-electron chi connectivity index (χ1n) is 9.81. The van der Waals surface area contributed by atoms with Crippen molar-refractivity contribution in [3.05, 3.63) is 79.5 Å². The van der Waals surface area contributed by atoms with Crippen LogP contribution in [0.2, 0.25) is 10.0 Å². The summed E-state index contributed by atoms with van der Waals surface area (Å²) < 4.78 is 10.7. The van der Waals surface area contributed by atoms with Crippen LogP contribution in [0.15, 0.2) is 53.4 Å². The number of aliphatic hydroxyl groups excluding tert-OH is 1. The zero-order valence-electron chi connectivity index (χ0n) is 17.9. The number of ether oxygens (including phenoxy) is 2. The van der Waals surface area contributed by atoms with Crippen LogP contribution >= 0.6 is 34.5 Å². The lowest BCUT2D eigenvalue weighted by Crippen LogP contribution is -2.29. The number of anilines is 1. The number of hydrogen-bond donors (Lipinski definition) is 1. The fourth-order valence-corrected chi connectivity index (χ4v) is 5.05. The summed E-state index contributed by atoms with van der Waals surface area (Å²) in [7, 11) is 2.85. The van der Waals surface area contributed by atoms with Crippen LogP contribution in [0.3, 0.4) is 0 Å². The van der Waals surface area contributed by atoms with E-state index in [1.165, 1.54) is 42.6 Å². The number of aliphatic hydroxyl groups is 1. The molecule has 1 atom stereocenters. The SMILES string of the molecule is COc1cc(/C(O)=C2\C(=O)C(=O)N(c3cc(Cl)ccc3C)C2c2cccs2)c(OC)cc1Cl. The van der Waals surface area contributed by atoms with Gasteiger partial charge in [0, 0.05) is 21.7 Å². The van der Waals surface area contributed by atoms with Gasteiger partial charge < -0.3 is 14.6 Å². The molecular weight excluding hydrogens is 485 g/mol. The third kappa shape index (κ3) is 3.97. The van der Waals surface area contributed by atoms with Crippen molar-refractivity contribution in [3.8, 4) is 11.5 Å². The Morgan fingerprint density at radius 1 is 1.06 bits per heavy atom. The van der Waals surface area contributed by atoms with Crippen molar-refractivity contribution in [2.45, 2.75) is 13.0 Å². The lowest BCUT2D eigenvalue weighted by atomic mass is 9.98. The van der Waals surface area contributed by atoms with Crippen molar-refractivity contribution in [3.63, 3.8) is 0 Å². The van der Waals surface area contributed by atoms with Crippen LogP contribution < -0.4 is 14.4 Å². The van der Waals surface area contributed by atoms with Crippen LogP contribution in [0.25, 0.3) is 5.76 Å². The summed E-state index contributed by atoms with van der Waals surface area (Å²) in [5.74, 6) is -1.46. The molecule has 0 spiro atoms. The van der Waals surface area contributed by atoms with E-state index < -0.39 is 17.7 Å². The summed E-state index contributed by atoms with van der Waals surface area (Å²) in [6, 6.07) is 10.8. The van der Waals surface area contributed by atoms with Crippen molar-refractivity contribution in [2.24, 2.45) is 0 Å². The highest BCUT2D eigenvalue weighted by Gasteiger charge is 2.48. The molecule has 1 saturated heterocycles. The average molecular weight is 504 g/mol. The number of aryl methyl sites for hydroxylation is 1. The van der Waals surface area contributed by atoms with E-state index >= 15 is 0 Å². The lowest BCUT2D eigenvalue weighted by Gasteiger charge is -2.26. The van der Waals surface area contributed by atoms with Gasteiger partial charge in [-0.25, -0.2) is 0 Å².